The second-order valence-electron chi connectivity index (χ2n) is 6.81. The van der Waals surface area contributed by atoms with E-state index in [1.165, 1.54) is 41.4 Å². The van der Waals surface area contributed by atoms with Crippen LogP contribution in [0.4, 0.5) is 8.78 Å². The number of nitrogens with zero attached hydrogens (tertiary/aromatic N) is 1. The van der Waals surface area contributed by atoms with Gasteiger partial charge in [0.15, 0.2) is 17.3 Å². The summed E-state index contributed by atoms with van der Waals surface area (Å²) >= 11 is 0. The predicted octanol–water partition coefficient (Wildman–Crippen LogP) is 3.24. The number of rotatable bonds is 6. The van der Waals surface area contributed by atoms with E-state index < -0.39 is 17.7 Å². The van der Waals surface area contributed by atoms with Crippen molar-refractivity contribution in [2.75, 3.05) is 13.2 Å². The third kappa shape index (κ3) is 4.86. The van der Waals surface area contributed by atoms with E-state index in [1.807, 2.05) is 0 Å². The van der Waals surface area contributed by atoms with Gasteiger partial charge in [0, 0.05) is 12.6 Å². The molecular formula is C22H21F2NO4. The summed E-state index contributed by atoms with van der Waals surface area (Å²) in [5.41, 5.74) is 1.82. The molecule has 0 aromatic heterocycles. The van der Waals surface area contributed by atoms with Crippen molar-refractivity contribution in [3.05, 3.63) is 77.0 Å². The van der Waals surface area contributed by atoms with Crippen molar-refractivity contribution in [2.45, 2.75) is 25.8 Å². The zero-order valence-electron chi connectivity index (χ0n) is 15.9. The van der Waals surface area contributed by atoms with Crippen molar-refractivity contribution >= 4 is 11.7 Å². The third-order valence-corrected chi connectivity index (χ3v) is 4.78. The molecule has 2 aromatic carbocycles. The van der Waals surface area contributed by atoms with Gasteiger partial charge < -0.3 is 14.7 Å². The maximum absolute atomic E-state index is 14.0. The number of hydrogen-bond donors (Lipinski definition) is 1. The molecule has 1 amide bonds. The summed E-state index contributed by atoms with van der Waals surface area (Å²) in [4.78, 5) is 26.4. The Balaban J connectivity index is 1.85. The molecule has 2 aromatic rings. The zero-order chi connectivity index (χ0) is 21.0. The van der Waals surface area contributed by atoms with E-state index in [0.717, 1.165) is 0 Å². The molecule has 0 aliphatic carbocycles. The molecule has 1 N–H and O–H groups in total. The van der Waals surface area contributed by atoms with Gasteiger partial charge in [-0.05, 0) is 54.0 Å². The van der Waals surface area contributed by atoms with Gasteiger partial charge in [-0.3, -0.25) is 9.59 Å². The Hall–Kier alpha value is -3.06. The highest BCUT2D eigenvalue weighted by Gasteiger charge is 2.29. The first kappa shape index (κ1) is 20.7. The van der Waals surface area contributed by atoms with Gasteiger partial charge in [0.25, 0.3) is 0 Å². The summed E-state index contributed by atoms with van der Waals surface area (Å²) in [6.07, 6.45) is 2.84. The molecule has 1 atom stereocenters. The van der Waals surface area contributed by atoms with E-state index in [0.29, 0.717) is 16.7 Å². The SMILES string of the molecule is Cc1cc(F)c(OCCO)cc1CC(=O)N1C=CC(=O)C[C@H]1c1ccc(F)cc1. The topological polar surface area (TPSA) is 66.8 Å². The Morgan fingerprint density at radius 2 is 1.97 bits per heavy atom. The Morgan fingerprint density at radius 3 is 2.66 bits per heavy atom. The van der Waals surface area contributed by atoms with Gasteiger partial charge in [0.2, 0.25) is 5.91 Å². The van der Waals surface area contributed by atoms with Crippen LogP contribution in [0.15, 0.2) is 48.7 Å². The summed E-state index contributed by atoms with van der Waals surface area (Å²) in [6, 6.07) is 7.87. The van der Waals surface area contributed by atoms with Crippen LogP contribution in [0, 0.1) is 18.6 Å². The minimum atomic E-state index is -0.570. The summed E-state index contributed by atoms with van der Waals surface area (Å²) in [5.74, 6) is -1.42. The van der Waals surface area contributed by atoms with Crippen molar-refractivity contribution in [3.63, 3.8) is 0 Å². The smallest absolute Gasteiger partial charge is 0.231 e. The Labute approximate surface area is 167 Å². The van der Waals surface area contributed by atoms with Crippen LogP contribution in [0.5, 0.6) is 5.75 Å². The fraction of sp³-hybridized carbons (Fsp3) is 0.273. The number of halogens is 2. The second-order valence-corrected chi connectivity index (χ2v) is 6.81. The lowest BCUT2D eigenvalue weighted by Gasteiger charge is -2.31. The van der Waals surface area contributed by atoms with Crippen molar-refractivity contribution in [2.24, 2.45) is 0 Å². The van der Waals surface area contributed by atoms with Crippen LogP contribution in [0.25, 0.3) is 0 Å². The standard InChI is InChI=1S/C22H21F2NO4/c1-14-10-19(24)21(29-9-8-26)11-16(14)12-22(28)25-7-6-18(27)13-20(25)15-2-4-17(23)5-3-15/h2-7,10-11,20,26H,8-9,12-13H2,1H3/t20-/m0/s1. The number of ketones is 1. The molecule has 152 valence electrons. The number of hydrogen-bond acceptors (Lipinski definition) is 4. The number of carbonyl (C=O) groups is 2. The number of benzene rings is 2. The average Bonchev–Trinajstić information content (AvgIpc) is 2.69. The number of amides is 1. The van der Waals surface area contributed by atoms with E-state index in [-0.39, 0.29) is 43.5 Å². The second kappa shape index (κ2) is 8.96. The molecule has 0 saturated carbocycles. The van der Waals surface area contributed by atoms with E-state index in [9.17, 15) is 18.4 Å². The summed E-state index contributed by atoms with van der Waals surface area (Å²) < 4.78 is 32.5. The fourth-order valence-corrected chi connectivity index (χ4v) is 3.25. The van der Waals surface area contributed by atoms with Crippen LogP contribution in [0.2, 0.25) is 0 Å². The third-order valence-electron chi connectivity index (χ3n) is 4.78. The summed E-state index contributed by atoms with van der Waals surface area (Å²) in [5, 5.41) is 8.87. The average molecular weight is 401 g/mol. The van der Waals surface area contributed by atoms with Gasteiger partial charge in [0.05, 0.1) is 19.1 Å². The lowest BCUT2D eigenvalue weighted by molar-refractivity contribution is -0.131. The highest BCUT2D eigenvalue weighted by atomic mass is 19.1. The molecule has 3 rings (SSSR count). The molecule has 0 saturated heterocycles. The van der Waals surface area contributed by atoms with E-state index in [4.69, 9.17) is 9.84 Å². The molecule has 0 bridgehead atoms. The molecule has 1 aliphatic heterocycles. The lowest BCUT2D eigenvalue weighted by atomic mass is 9.96. The largest absolute Gasteiger partial charge is 0.488 e. The van der Waals surface area contributed by atoms with Crippen molar-refractivity contribution in [3.8, 4) is 5.75 Å². The van der Waals surface area contributed by atoms with Crippen molar-refractivity contribution < 1.29 is 28.2 Å². The Bertz CT molecular complexity index is 941. The van der Waals surface area contributed by atoms with Gasteiger partial charge in [-0.2, -0.15) is 0 Å². The molecule has 0 unspecified atom stereocenters. The fourth-order valence-electron chi connectivity index (χ4n) is 3.25. The van der Waals surface area contributed by atoms with Gasteiger partial charge in [-0.1, -0.05) is 12.1 Å². The monoisotopic (exact) mass is 401 g/mol. The summed E-state index contributed by atoms with van der Waals surface area (Å²) in [6.45, 7) is 1.37. The maximum Gasteiger partial charge on any atom is 0.231 e. The van der Waals surface area contributed by atoms with Crippen LogP contribution in [-0.2, 0) is 16.0 Å². The maximum atomic E-state index is 14.0. The molecule has 1 aliphatic rings. The minimum Gasteiger partial charge on any atom is -0.488 e. The summed E-state index contributed by atoms with van der Waals surface area (Å²) in [7, 11) is 0. The van der Waals surface area contributed by atoms with Gasteiger partial charge in [-0.25, -0.2) is 8.78 Å². The molecule has 29 heavy (non-hydrogen) atoms. The van der Waals surface area contributed by atoms with Crippen LogP contribution >= 0.6 is 0 Å². The first-order chi connectivity index (χ1) is 13.9. The lowest BCUT2D eigenvalue weighted by Crippen LogP contribution is -2.35. The van der Waals surface area contributed by atoms with Crippen molar-refractivity contribution in [1.82, 2.24) is 4.90 Å². The molecular weight excluding hydrogens is 380 g/mol. The van der Waals surface area contributed by atoms with Gasteiger partial charge in [-0.15, -0.1) is 0 Å². The van der Waals surface area contributed by atoms with Crippen LogP contribution in [-0.4, -0.2) is 34.9 Å². The predicted molar refractivity (Wildman–Crippen MR) is 102 cm³/mol. The first-order valence-corrected chi connectivity index (χ1v) is 9.19. The number of allylic oxidation sites excluding steroid dienone is 1. The number of aliphatic hydroxyl groups is 1. The van der Waals surface area contributed by atoms with Gasteiger partial charge >= 0.3 is 0 Å². The molecule has 5 nitrogen and oxygen atoms in total. The number of ether oxygens (including phenoxy) is 1. The van der Waals surface area contributed by atoms with Gasteiger partial charge in [0.1, 0.15) is 12.4 Å². The number of aryl methyl sites for hydroxylation is 1. The van der Waals surface area contributed by atoms with E-state index in [2.05, 4.69) is 0 Å². The molecule has 7 heteroatoms. The normalized spacial score (nSPS) is 16.2. The van der Waals surface area contributed by atoms with Crippen molar-refractivity contribution in [1.29, 1.82) is 0 Å². The number of carbonyl (C=O) groups excluding carboxylic acids is 2. The van der Waals surface area contributed by atoms with E-state index >= 15 is 0 Å². The molecule has 0 spiro atoms. The Kier molecular flexibility index (Phi) is 6.39. The quantitative estimate of drug-likeness (QED) is 0.807. The molecule has 0 fully saturated rings. The molecule has 1 heterocycles. The highest BCUT2D eigenvalue weighted by Crippen LogP contribution is 2.30. The van der Waals surface area contributed by atoms with Crippen LogP contribution < -0.4 is 4.74 Å². The van der Waals surface area contributed by atoms with Crippen LogP contribution in [0.1, 0.15) is 29.2 Å². The highest BCUT2D eigenvalue weighted by molar-refractivity contribution is 5.93. The zero-order valence-corrected chi connectivity index (χ0v) is 15.9. The van der Waals surface area contributed by atoms with E-state index in [1.54, 1.807) is 19.1 Å². The van der Waals surface area contributed by atoms with Crippen LogP contribution in [0.3, 0.4) is 0 Å². The first-order valence-electron chi connectivity index (χ1n) is 9.19. The minimum absolute atomic E-state index is 0.0299. The number of aliphatic hydroxyl groups excluding tert-OH is 1. The molecule has 0 radical (unpaired) electrons. The Morgan fingerprint density at radius 1 is 1.24 bits per heavy atom.